The number of hydrogen-bond acceptors (Lipinski definition) is 4. The molecule has 0 aliphatic heterocycles. The molecular weight excluding hydrogens is 316 g/mol. The Balaban J connectivity index is 2.01. The molecule has 0 atom stereocenters. The Morgan fingerprint density at radius 2 is 2.24 bits per heavy atom. The van der Waals surface area contributed by atoms with Crippen molar-refractivity contribution in [3.63, 3.8) is 0 Å². The first-order chi connectivity index (χ1) is 12.1. The molecule has 1 amide bonds. The van der Waals surface area contributed by atoms with Gasteiger partial charge in [-0.2, -0.15) is 0 Å². The number of nitrogens with zero attached hydrogens (tertiary/aromatic N) is 3. The number of rotatable bonds is 5. The first-order valence-electron chi connectivity index (χ1n) is 8.19. The van der Waals surface area contributed by atoms with Crippen LogP contribution in [-0.2, 0) is 16.6 Å². The Hall–Kier alpha value is -2.89. The number of nitrogens with one attached hydrogen (secondary N) is 1. The molecule has 1 aliphatic rings. The van der Waals surface area contributed by atoms with Gasteiger partial charge in [0.25, 0.3) is 0 Å². The van der Waals surface area contributed by atoms with Crippen molar-refractivity contribution in [1.29, 1.82) is 0 Å². The predicted molar refractivity (Wildman–Crippen MR) is 101 cm³/mol. The molecule has 25 heavy (non-hydrogen) atoms. The van der Waals surface area contributed by atoms with Gasteiger partial charge in [0.05, 0.1) is 30.1 Å². The summed E-state index contributed by atoms with van der Waals surface area (Å²) in [5, 5.41) is 3.87. The molecule has 3 rings (SSSR count). The Kier molecular flexibility index (Phi) is 4.70. The summed E-state index contributed by atoms with van der Waals surface area (Å²) in [5.74, 6) is 1.30. The van der Waals surface area contributed by atoms with Gasteiger partial charge in [-0.3, -0.25) is 9.79 Å². The molecule has 1 N–H and O–H groups in total. The van der Waals surface area contributed by atoms with Gasteiger partial charge >= 0.3 is 0 Å². The lowest BCUT2D eigenvalue weighted by Crippen LogP contribution is -2.14. The van der Waals surface area contributed by atoms with E-state index in [9.17, 15) is 4.79 Å². The van der Waals surface area contributed by atoms with Crippen LogP contribution in [0.25, 0.3) is 16.5 Å². The highest BCUT2D eigenvalue weighted by Crippen LogP contribution is 2.31. The highest BCUT2D eigenvalue weighted by atomic mass is 16.5. The van der Waals surface area contributed by atoms with Gasteiger partial charge in [-0.1, -0.05) is 12.7 Å². The molecule has 2 aromatic rings. The van der Waals surface area contributed by atoms with Gasteiger partial charge in [0.1, 0.15) is 5.82 Å². The molecule has 0 bridgehead atoms. The molecule has 0 unspecified atom stereocenters. The van der Waals surface area contributed by atoms with E-state index < -0.39 is 0 Å². The molecule has 0 saturated heterocycles. The van der Waals surface area contributed by atoms with Crippen molar-refractivity contribution >= 4 is 34.1 Å². The van der Waals surface area contributed by atoms with Gasteiger partial charge in [0.2, 0.25) is 11.8 Å². The number of methoxy groups -OCH3 is 1. The standard InChI is InChI=1S/C19H22N4O2/c1-5-6-14(19(20-2)25-4)15-9-13-10-17(21-11-16(13)23(15)3)22-18(24)12-7-8-12/h5-6,9-12H,1,7-8H2,2-4H3,(H,21,22,24)/b14-6-,20-19?. The number of pyridine rings is 1. The second-order valence-electron chi connectivity index (χ2n) is 6.03. The number of carbonyl (C=O) groups is 1. The number of allylic oxidation sites excluding steroid dienone is 2. The number of ether oxygens (including phenoxy) is 1. The van der Waals surface area contributed by atoms with E-state index in [-0.39, 0.29) is 11.8 Å². The number of carbonyl (C=O) groups excluding carboxylic acids is 1. The maximum atomic E-state index is 11.9. The lowest BCUT2D eigenvalue weighted by Gasteiger charge is -2.10. The van der Waals surface area contributed by atoms with E-state index in [0.29, 0.717) is 11.7 Å². The maximum Gasteiger partial charge on any atom is 0.228 e. The van der Waals surface area contributed by atoms with Gasteiger partial charge in [-0.05, 0) is 31.1 Å². The Bertz CT molecular complexity index is 888. The fourth-order valence-electron chi connectivity index (χ4n) is 2.84. The average molecular weight is 338 g/mol. The summed E-state index contributed by atoms with van der Waals surface area (Å²) < 4.78 is 7.40. The van der Waals surface area contributed by atoms with Crippen LogP contribution in [0, 0.1) is 5.92 Å². The average Bonchev–Trinajstić information content (AvgIpc) is 3.40. The van der Waals surface area contributed by atoms with Crippen LogP contribution in [0.4, 0.5) is 5.82 Å². The van der Waals surface area contributed by atoms with E-state index >= 15 is 0 Å². The molecule has 0 spiro atoms. The Morgan fingerprint density at radius 3 is 2.84 bits per heavy atom. The lowest BCUT2D eigenvalue weighted by atomic mass is 10.1. The normalized spacial score (nSPS) is 15.3. The van der Waals surface area contributed by atoms with E-state index in [1.165, 1.54) is 0 Å². The minimum Gasteiger partial charge on any atom is -0.481 e. The molecular formula is C19H22N4O2. The summed E-state index contributed by atoms with van der Waals surface area (Å²) in [4.78, 5) is 20.5. The van der Waals surface area contributed by atoms with Crippen LogP contribution in [0.3, 0.4) is 0 Å². The van der Waals surface area contributed by atoms with Gasteiger partial charge in [0.15, 0.2) is 0 Å². The molecule has 130 valence electrons. The summed E-state index contributed by atoms with van der Waals surface area (Å²) in [6.07, 6.45) is 7.27. The summed E-state index contributed by atoms with van der Waals surface area (Å²) in [6.45, 7) is 3.77. The van der Waals surface area contributed by atoms with Crippen LogP contribution in [0.5, 0.6) is 0 Å². The number of anilines is 1. The molecule has 2 heterocycles. The van der Waals surface area contributed by atoms with Crippen molar-refractivity contribution in [3.05, 3.63) is 42.8 Å². The summed E-state index contributed by atoms with van der Waals surface area (Å²) >= 11 is 0. The summed E-state index contributed by atoms with van der Waals surface area (Å²) in [7, 11) is 5.24. The van der Waals surface area contributed by atoms with Crippen LogP contribution < -0.4 is 5.32 Å². The zero-order valence-electron chi connectivity index (χ0n) is 14.7. The fraction of sp³-hybridized carbons (Fsp3) is 0.316. The fourth-order valence-corrected chi connectivity index (χ4v) is 2.84. The number of aryl methyl sites for hydroxylation is 1. The van der Waals surface area contributed by atoms with Crippen LogP contribution in [0.2, 0.25) is 0 Å². The smallest absolute Gasteiger partial charge is 0.228 e. The zero-order chi connectivity index (χ0) is 18.0. The second-order valence-corrected chi connectivity index (χ2v) is 6.03. The van der Waals surface area contributed by atoms with Crippen molar-refractivity contribution < 1.29 is 9.53 Å². The SMILES string of the molecule is C=C/C=C(\C(=NC)OC)c1cc2cc(NC(=O)C3CC3)ncc2n1C. The monoisotopic (exact) mass is 338 g/mol. The van der Waals surface area contributed by atoms with Gasteiger partial charge in [-0.25, -0.2) is 4.98 Å². The number of aliphatic imine (C=N–C) groups is 1. The van der Waals surface area contributed by atoms with Gasteiger partial charge in [-0.15, -0.1) is 0 Å². The third-order valence-corrected chi connectivity index (χ3v) is 4.32. The highest BCUT2D eigenvalue weighted by Gasteiger charge is 2.29. The second kappa shape index (κ2) is 6.93. The Morgan fingerprint density at radius 1 is 1.48 bits per heavy atom. The topological polar surface area (TPSA) is 68.5 Å². The van der Waals surface area contributed by atoms with Crippen molar-refractivity contribution in [2.45, 2.75) is 12.8 Å². The quantitative estimate of drug-likeness (QED) is 0.517. The van der Waals surface area contributed by atoms with Crippen LogP contribution >= 0.6 is 0 Å². The third-order valence-electron chi connectivity index (χ3n) is 4.32. The van der Waals surface area contributed by atoms with E-state index in [1.807, 2.05) is 29.8 Å². The van der Waals surface area contributed by atoms with Gasteiger partial charge < -0.3 is 14.6 Å². The maximum absolute atomic E-state index is 11.9. The van der Waals surface area contributed by atoms with Gasteiger partial charge in [0, 0.05) is 25.4 Å². The number of fused-ring (bicyclic) bond motifs is 1. The molecule has 6 heteroatoms. The van der Waals surface area contributed by atoms with Crippen LogP contribution in [0.1, 0.15) is 18.5 Å². The molecule has 1 aliphatic carbocycles. The van der Waals surface area contributed by atoms with E-state index in [1.54, 1.807) is 26.4 Å². The number of amides is 1. The molecule has 0 radical (unpaired) electrons. The van der Waals surface area contributed by atoms with E-state index in [2.05, 4.69) is 21.9 Å². The first kappa shape index (κ1) is 17.0. The van der Waals surface area contributed by atoms with Crippen molar-refractivity contribution in [2.24, 2.45) is 18.0 Å². The van der Waals surface area contributed by atoms with Crippen molar-refractivity contribution in [3.8, 4) is 0 Å². The van der Waals surface area contributed by atoms with Crippen molar-refractivity contribution in [2.75, 3.05) is 19.5 Å². The van der Waals surface area contributed by atoms with E-state index in [0.717, 1.165) is 35.0 Å². The van der Waals surface area contributed by atoms with Crippen molar-refractivity contribution in [1.82, 2.24) is 9.55 Å². The lowest BCUT2D eigenvalue weighted by molar-refractivity contribution is -0.117. The number of hydrogen-bond donors (Lipinski definition) is 1. The first-order valence-corrected chi connectivity index (χ1v) is 8.19. The summed E-state index contributed by atoms with van der Waals surface area (Å²) in [5.41, 5.74) is 2.73. The summed E-state index contributed by atoms with van der Waals surface area (Å²) in [6, 6.07) is 3.92. The zero-order valence-corrected chi connectivity index (χ0v) is 14.7. The van der Waals surface area contributed by atoms with Crippen LogP contribution in [0.15, 0.2) is 42.1 Å². The minimum absolute atomic E-state index is 0.0510. The molecule has 2 aromatic heterocycles. The number of aromatic nitrogens is 2. The predicted octanol–water partition coefficient (Wildman–Crippen LogP) is 3.17. The third kappa shape index (κ3) is 3.33. The van der Waals surface area contributed by atoms with Crippen LogP contribution in [-0.4, -0.2) is 35.5 Å². The molecule has 0 aromatic carbocycles. The largest absolute Gasteiger partial charge is 0.481 e. The Labute approximate surface area is 146 Å². The molecule has 1 saturated carbocycles. The van der Waals surface area contributed by atoms with E-state index in [4.69, 9.17) is 4.74 Å². The molecule has 6 nitrogen and oxygen atoms in total. The molecule has 1 fully saturated rings. The minimum atomic E-state index is 0.0510. The highest BCUT2D eigenvalue weighted by molar-refractivity contribution is 6.20.